The van der Waals surface area contributed by atoms with E-state index in [1.807, 2.05) is 11.8 Å². The first kappa shape index (κ1) is 25.2. The Morgan fingerprint density at radius 3 is 2.52 bits per heavy atom. The summed E-state index contributed by atoms with van der Waals surface area (Å²) in [7, 11) is 0. The van der Waals surface area contributed by atoms with E-state index in [0.717, 1.165) is 58.3 Å². The molecule has 0 radical (unpaired) electrons. The Balaban J connectivity index is 1.79. The first-order valence-electron chi connectivity index (χ1n) is 12.0. The van der Waals surface area contributed by atoms with Crippen LogP contribution >= 0.6 is 0 Å². The van der Waals surface area contributed by atoms with Crippen LogP contribution in [0.1, 0.15) is 52.0 Å². The third-order valence-electron chi connectivity index (χ3n) is 5.95. The summed E-state index contributed by atoms with van der Waals surface area (Å²) in [6, 6.07) is 10.6. The predicted octanol–water partition coefficient (Wildman–Crippen LogP) is 3.07. The second-order valence-corrected chi connectivity index (χ2v) is 9.10. The number of carbonyl (C=O) groups excluding carboxylic acids is 1. The van der Waals surface area contributed by atoms with Gasteiger partial charge in [-0.1, -0.05) is 44.2 Å². The SMILES string of the molecule is CCNC(=NCC(=O)N1CCC(Cc2ccccc2)CC1)NCC(CCO)CC(C)C. The van der Waals surface area contributed by atoms with Crippen molar-refractivity contribution in [3.63, 3.8) is 0 Å². The van der Waals surface area contributed by atoms with E-state index in [4.69, 9.17) is 0 Å². The zero-order valence-corrected chi connectivity index (χ0v) is 19.6. The molecule has 1 atom stereocenters. The molecule has 0 spiro atoms. The van der Waals surface area contributed by atoms with Gasteiger partial charge in [0.05, 0.1) is 0 Å². The van der Waals surface area contributed by atoms with Gasteiger partial charge in [0, 0.05) is 32.8 Å². The normalized spacial score (nSPS) is 16.4. The van der Waals surface area contributed by atoms with Crippen LogP contribution in [0.3, 0.4) is 0 Å². The van der Waals surface area contributed by atoms with E-state index in [0.29, 0.717) is 23.7 Å². The maximum atomic E-state index is 12.7. The highest BCUT2D eigenvalue weighted by atomic mass is 16.3. The molecule has 1 fully saturated rings. The van der Waals surface area contributed by atoms with E-state index in [1.54, 1.807) is 0 Å². The van der Waals surface area contributed by atoms with Crippen molar-refractivity contribution in [2.24, 2.45) is 22.7 Å². The van der Waals surface area contributed by atoms with Crippen LogP contribution < -0.4 is 10.6 Å². The molecule has 6 heteroatoms. The number of benzene rings is 1. The summed E-state index contributed by atoms with van der Waals surface area (Å²) in [4.78, 5) is 19.2. The van der Waals surface area contributed by atoms with Crippen molar-refractivity contribution in [2.45, 2.75) is 52.9 Å². The summed E-state index contributed by atoms with van der Waals surface area (Å²) in [6.45, 7) is 9.94. The number of amides is 1. The molecule has 0 aliphatic carbocycles. The highest BCUT2D eigenvalue weighted by Crippen LogP contribution is 2.21. The summed E-state index contributed by atoms with van der Waals surface area (Å²) < 4.78 is 0. The molecule has 2 rings (SSSR count). The number of carbonyl (C=O) groups is 1. The van der Waals surface area contributed by atoms with Crippen molar-refractivity contribution in [3.05, 3.63) is 35.9 Å². The minimum atomic E-state index is 0.101. The van der Waals surface area contributed by atoms with Crippen LogP contribution in [0.15, 0.2) is 35.3 Å². The lowest BCUT2D eigenvalue weighted by Crippen LogP contribution is -2.43. The Bertz CT molecular complexity index is 655. The Morgan fingerprint density at radius 1 is 1.19 bits per heavy atom. The predicted molar refractivity (Wildman–Crippen MR) is 128 cm³/mol. The van der Waals surface area contributed by atoms with Gasteiger partial charge in [-0.2, -0.15) is 0 Å². The zero-order chi connectivity index (χ0) is 22.5. The lowest BCUT2D eigenvalue weighted by atomic mass is 9.90. The average Bonchev–Trinajstić information content (AvgIpc) is 2.76. The minimum absolute atomic E-state index is 0.101. The van der Waals surface area contributed by atoms with Gasteiger partial charge < -0.3 is 20.6 Å². The van der Waals surface area contributed by atoms with E-state index in [-0.39, 0.29) is 19.1 Å². The Morgan fingerprint density at radius 2 is 1.90 bits per heavy atom. The number of guanidine groups is 1. The maximum absolute atomic E-state index is 12.7. The number of aliphatic imine (C=N–C) groups is 1. The van der Waals surface area contributed by atoms with Crippen LogP contribution in [0.4, 0.5) is 0 Å². The number of hydrogen-bond donors (Lipinski definition) is 3. The molecule has 31 heavy (non-hydrogen) atoms. The smallest absolute Gasteiger partial charge is 0.244 e. The second-order valence-electron chi connectivity index (χ2n) is 9.10. The van der Waals surface area contributed by atoms with Gasteiger partial charge in [0.15, 0.2) is 5.96 Å². The van der Waals surface area contributed by atoms with Gasteiger partial charge in [-0.3, -0.25) is 4.79 Å². The third kappa shape index (κ3) is 9.72. The van der Waals surface area contributed by atoms with Gasteiger partial charge in [-0.25, -0.2) is 4.99 Å². The standard InChI is InChI=1S/C25H42N4O2/c1-4-26-25(27-18-23(12-15-30)16-20(2)3)28-19-24(31)29-13-10-22(11-14-29)17-21-8-6-5-7-9-21/h5-9,20,22-23,30H,4,10-19H2,1-3H3,(H2,26,27,28). The summed E-state index contributed by atoms with van der Waals surface area (Å²) >= 11 is 0. The lowest BCUT2D eigenvalue weighted by molar-refractivity contribution is -0.130. The molecule has 1 aromatic rings. The number of aliphatic hydroxyl groups is 1. The summed E-state index contributed by atoms with van der Waals surface area (Å²) in [5, 5.41) is 15.9. The average molecular weight is 431 g/mol. The van der Waals surface area contributed by atoms with Crippen molar-refractivity contribution < 1.29 is 9.90 Å². The van der Waals surface area contributed by atoms with E-state index in [2.05, 4.69) is 59.8 Å². The van der Waals surface area contributed by atoms with Gasteiger partial charge in [0.1, 0.15) is 6.54 Å². The summed E-state index contributed by atoms with van der Waals surface area (Å²) in [5.41, 5.74) is 1.38. The number of nitrogens with zero attached hydrogens (tertiary/aromatic N) is 2. The second kappa shape index (κ2) is 14.1. The highest BCUT2D eigenvalue weighted by molar-refractivity contribution is 5.85. The topological polar surface area (TPSA) is 77.0 Å². The van der Waals surface area contributed by atoms with Gasteiger partial charge in [-0.05, 0) is 62.3 Å². The van der Waals surface area contributed by atoms with Crippen molar-refractivity contribution >= 4 is 11.9 Å². The van der Waals surface area contributed by atoms with Gasteiger partial charge >= 0.3 is 0 Å². The summed E-state index contributed by atoms with van der Waals surface area (Å²) in [5.74, 6) is 2.42. The molecule has 3 N–H and O–H groups in total. The fraction of sp³-hybridized carbons (Fsp3) is 0.680. The van der Waals surface area contributed by atoms with E-state index in [1.165, 1.54) is 5.56 Å². The van der Waals surface area contributed by atoms with Crippen LogP contribution in [-0.2, 0) is 11.2 Å². The third-order valence-corrected chi connectivity index (χ3v) is 5.95. The first-order valence-corrected chi connectivity index (χ1v) is 12.0. The molecule has 1 saturated heterocycles. The molecule has 1 aliphatic heterocycles. The van der Waals surface area contributed by atoms with Crippen LogP contribution in [0.5, 0.6) is 0 Å². The Labute approximate surface area is 188 Å². The van der Waals surface area contributed by atoms with Gasteiger partial charge in [-0.15, -0.1) is 0 Å². The molecule has 0 bridgehead atoms. The first-order chi connectivity index (χ1) is 15.0. The van der Waals surface area contributed by atoms with Crippen molar-refractivity contribution in [2.75, 3.05) is 39.3 Å². The number of nitrogens with one attached hydrogen (secondary N) is 2. The molecular formula is C25H42N4O2. The zero-order valence-electron chi connectivity index (χ0n) is 19.6. The Kier molecular flexibility index (Phi) is 11.4. The molecular weight excluding hydrogens is 388 g/mol. The molecule has 1 heterocycles. The molecule has 0 aromatic heterocycles. The van der Waals surface area contributed by atoms with Crippen LogP contribution in [0, 0.1) is 17.8 Å². The van der Waals surface area contributed by atoms with E-state index < -0.39 is 0 Å². The monoisotopic (exact) mass is 430 g/mol. The van der Waals surface area contributed by atoms with Crippen LogP contribution in [-0.4, -0.2) is 61.2 Å². The number of likely N-dealkylation sites (tertiary alicyclic amines) is 1. The van der Waals surface area contributed by atoms with Crippen molar-refractivity contribution in [1.29, 1.82) is 0 Å². The van der Waals surface area contributed by atoms with E-state index in [9.17, 15) is 9.90 Å². The number of hydrogen-bond acceptors (Lipinski definition) is 3. The van der Waals surface area contributed by atoms with Gasteiger partial charge in [0.25, 0.3) is 0 Å². The van der Waals surface area contributed by atoms with E-state index >= 15 is 0 Å². The van der Waals surface area contributed by atoms with Crippen molar-refractivity contribution in [1.82, 2.24) is 15.5 Å². The van der Waals surface area contributed by atoms with Crippen LogP contribution in [0.25, 0.3) is 0 Å². The summed E-state index contributed by atoms with van der Waals surface area (Å²) in [6.07, 6.45) is 5.05. The van der Waals surface area contributed by atoms with Crippen LogP contribution in [0.2, 0.25) is 0 Å². The lowest BCUT2D eigenvalue weighted by Gasteiger charge is -2.32. The maximum Gasteiger partial charge on any atom is 0.244 e. The molecule has 1 amide bonds. The number of piperidine rings is 1. The minimum Gasteiger partial charge on any atom is -0.396 e. The number of rotatable bonds is 11. The molecule has 1 unspecified atom stereocenters. The molecule has 1 aliphatic rings. The number of aliphatic hydroxyl groups excluding tert-OH is 1. The fourth-order valence-electron chi connectivity index (χ4n) is 4.32. The fourth-order valence-corrected chi connectivity index (χ4v) is 4.32. The van der Waals surface area contributed by atoms with Gasteiger partial charge in [0.2, 0.25) is 5.91 Å². The highest BCUT2D eigenvalue weighted by Gasteiger charge is 2.22. The molecule has 0 saturated carbocycles. The quantitative estimate of drug-likeness (QED) is 0.372. The Hall–Kier alpha value is -2.08. The molecule has 6 nitrogen and oxygen atoms in total. The molecule has 1 aromatic carbocycles. The molecule has 174 valence electrons. The largest absolute Gasteiger partial charge is 0.396 e. The van der Waals surface area contributed by atoms with Crippen molar-refractivity contribution in [3.8, 4) is 0 Å².